The van der Waals surface area contributed by atoms with Crippen LogP contribution in [0.4, 0.5) is 5.00 Å². The maximum absolute atomic E-state index is 13.3. The predicted molar refractivity (Wildman–Crippen MR) is 139 cm³/mol. The topological polar surface area (TPSA) is 63.8 Å². The first-order valence-electron chi connectivity index (χ1n) is 11.7. The molecule has 178 valence electrons. The Balaban J connectivity index is 1.59. The number of hydrogen-bond donors (Lipinski definition) is 1. The van der Waals surface area contributed by atoms with Crippen LogP contribution in [-0.2, 0) is 19.4 Å². The van der Waals surface area contributed by atoms with Crippen molar-refractivity contribution in [2.45, 2.75) is 46.6 Å². The van der Waals surface area contributed by atoms with Crippen molar-refractivity contribution in [2.24, 2.45) is 16.3 Å². The fourth-order valence-corrected chi connectivity index (χ4v) is 5.51. The standard InChI is InChI=1S/C28H32N2O3S/c1-5-14-32-21-11-8-19(9-12-21)17-30-27-25(26(31)29-18-22-7-6-15-33-22)23-13-10-20(28(2,3)4)16-24(23)34-27/h5-9,11-12,15,17,20H,1,10,13-14,16,18H2,2-4H3,(H,29,31)/t20-/m1/s1. The maximum Gasteiger partial charge on any atom is 0.255 e. The average Bonchev–Trinajstić information content (AvgIpc) is 3.47. The number of furan rings is 1. The Morgan fingerprint density at radius 2 is 2.09 bits per heavy atom. The van der Waals surface area contributed by atoms with Crippen molar-refractivity contribution in [2.75, 3.05) is 6.61 Å². The number of nitrogens with one attached hydrogen (secondary N) is 1. The molecular weight excluding hydrogens is 444 g/mol. The largest absolute Gasteiger partial charge is 0.490 e. The molecule has 2 aromatic heterocycles. The van der Waals surface area contributed by atoms with E-state index in [2.05, 4.69) is 32.7 Å². The number of nitrogens with zero attached hydrogens (tertiary/aromatic N) is 1. The van der Waals surface area contributed by atoms with Gasteiger partial charge in [-0.3, -0.25) is 4.79 Å². The summed E-state index contributed by atoms with van der Waals surface area (Å²) >= 11 is 1.65. The summed E-state index contributed by atoms with van der Waals surface area (Å²) in [6.07, 6.45) is 8.13. The second-order valence-corrected chi connectivity index (χ2v) is 10.8. The zero-order valence-corrected chi connectivity index (χ0v) is 20.9. The lowest BCUT2D eigenvalue weighted by molar-refractivity contribution is 0.0947. The third kappa shape index (κ3) is 5.68. The van der Waals surface area contributed by atoms with Gasteiger partial charge in [0.2, 0.25) is 0 Å². The number of carbonyl (C=O) groups is 1. The summed E-state index contributed by atoms with van der Waals surface area (Å²) in [5.41, 5.74) is 3.05. The number of ether oxygens (including phenoxy) is 1. The normalized spacial score (nSPS) is 15.8. The molecule has 34 heavy (non-hydrogen) atoms. The maximum atomic E-state index is 13.3. The monoisotopic (exact) mass is 476 g/mol. The van der Waals surface area contributed by atoms with Gasteiger partial charge in [0.25, 0.3) is 5.91 Å². The van der Waals surface area contributed by atoms with E-state index < -0.39 is 0 Å². The van der Waals surface area contributed by atoms with Crippen LogP contribution >= 0.6 is 11.3 Å². The molecule has 0 aliphatic heterocycles. The van der Waals surface area contributed by atoms with E-state index in [4.69, 9.17) is 14.1 Å². The highest BCUT2D eigenvalue weighted by Gasteiger charge is 2.33. The van der Waals surface area contributed by atoms with Crippen molar-refractivity contribution in [3.63, 3.8) is 0 Å². The van der Waals surface area contributed by atoms with Gasteiger partial charge in [-0.1, -0.05) is 33.4 Å². The molecule has 0 spiro atoms. The van der Waals surface area contributed by atoms with Crippen LogP contribution in [-0.4, -0.2) is 18.7 Å². The molecule has 1 aliphatic carbocycles. The van der Waals surface area contributed by atoms with E-state index in [0.29, 0.717) is 24.6 Å². The molecule has 6 heteroatoms. The lowest BCUT2D eigenvalue weighted by atomic mass is 9.72. The molecule has 1 atom stereocenters. The van der Waals surface area contributed by atoms with Gasteiger partial charge in [0.05, 0.1) is 18.4 Å². The molecule has 5 nitrogen and oxygen atoms in total. The smallest absolute Gasteiger partial charge is 0.255 e. The van der Waals surface area contributed by atoms with Gasteiger partial charge in [0.15, 0.2) is 0 Å². The number of thiophene rings is 1. The van der Waals surface area contributed by atoms with Crippen LogP contribution in [0.5, 0.6) is 5.75 Å². The van der Waals surface area contributed by atoms with Gasteiger partial charge in [-0.15, -0.1) is 11.3 Å². The number of carbonyl (C=O) groups excluding carboxylic acids is 1. The number of rotatable bonds is 8. The van der Waals surface area contributed by atoms with E-state index >= 15 is 0 Å². The fourth-order valence-electron chi connectivity index (χ4n) is 4.24. The molecule has 2 heterocycles. The molecule has 0 unspecified atom stereocenters. The van der Waals surface area contributed by atoms with Gasteiger partial charge in [0.1, 0.15) is 23.1 Å². The Kier molecular flexibility index (Phi) is 7.37. The number of aliphatic imine (C=N–C) groups is 1. The number of fused-ring (bicyclic) bond motifs is 1. The Morgan fingerprint density at radius 3 is 2.76 bits per heavy atom. The highest BCUT2D eigenvalue weighted by molar-refractivity contribution is 7.16. The minimum absolute atomic E-state index is 0.0940. The number of benzene rings is 1. The molecule has 1 aliphatic rings. The van der Waals surface area contributed by atoms with Gasteiger partial charge in [-0.05, 0) is 78.1 Å². The summed E-state index contributed by atoms with van der Waals surface area (Å²) in [5.74, 6) is 2.02. The van der Waals surface area contributed by atoms with Crippen LogP contribution in [0.15, 0.2) is 64.7 Å². The molecule has 1 N–H and O–H groups in total. The van der Waals surface area contributed by atoms with E-state index in [1.54, 1.807) is 23.7 Å². The summed E-state index contributed by atoms with van der Waals surface area (Å²) < 4.78 is 10.9. The Morgan fingerprint density at radius 1 is 1.29 bits per heavy atom. The van der Waals surface area contributed by atoms with Crippen LogP contribution in [0.1, 0.15) is 59.3 Å². The highest BCUT2D eigenvalue weighted by Crippen LogP contribution is 2.45. The first-order valence-corrected chi connectivity index (χ1v) is 12.5. The van der Waals surface area contributed by atoms with Crippen LogP contribution in [0.2, 0.25) is 0 Å². The number of hydrogen-bond acceptors (Lipinski definition) is 5. The second kappa shape index (κ2) is 10.4. The predicted octanol–water partition coefficient (Wildman–Crippen LogP) is 6.74. The lowest BCUT2D eigenvalue weighted by Gasteiger charge is -2.33. The molecule has 0 saturated carbocycles. The Labute approximate surface area is 205 Å². The molecule has 0 bridgehead atoms. The zero-order chi connectivity index (χ0) is 24.1. The minimum atomic E-state index is -0.0940. The van der Waals surface area contributed by atoms with Crippen molar-refractivity contribution in [3.8, 4) is 5.75 Å². The molecule has 0 saturated heterocycles. The van der Waals surface area contributed by atoms with Gasteiger partial charge >= 0.3 is 0 Å². The molecule has 0 radical (unpaired) electrons. The fraction of sp³-hybridized carbons (Fsp3) is 0.357. The van der Waals surface area contributed by atoms with E-state index in [1.165, 1.54) is 4.88 Å². The van der Waals surface area contributed by atoms with Crippen molar-refractivity contribution < 1.29 is 13.9 Å². The van der Waals surface area contributed by atoms with Crippen molar-refractivity contribution in [1.29, 1.82) is 0 Å². The van der Waals surface area contributed by atoms with Crippen molar-refractivity contribution >= 4 is 28.5 Å². The van der Waals surface area contributed by atoms with Crippen molar-refractivity contribution in [1.82, 2.24) is 5.32 Å². The van der Waals surface area contributed by atoms with Crippen molar-refractivity contribution in [3.05, 3.63) is 82.6 Å². The first-order chi connectivity index (χ1) is 16.3. The quantitative estimate of drug-likeness (QED) is 0.289. The molecular formula is C28H32N2O3S. The minimum Gasteiger partial charge on any atom is -0.490 e. The van der Waals surface area contributed by atoms with Gasteiger partial charge in [-0.2, -0.15) is 0 Å². The molecule has 4 rings (SSSR count). The van der Waals surface area contributed by atoms with Gasteiger partial charge < -0.3 is 14.5 Å². The average molecular weight is 477 g/mol. The summed E-state index contributed by atoms with van der Waals surface area (Å²) in [5, 5.41) is 3.79. The van der Waals surface area contributed by atoms with Crippen LogP contribution in [0.25, 0.3) is 0 Å². The third-order valence-corrected chi connectivity index (χ3v) is 7.44. The van der Waals surface area contributed by atoms with Gasteiger partial charge in [0, 0.05) is 11.1 Å². The van der Waals surface area contributed by atoms with E-state index in [9.17, 15) is 4.79 Å². The zero-order valence-electron chi connectivity index (χ0n) is 20.1. The van der Waals surface area contributed by atoms with Gasteiger partial charge in [-0.25, -0.2) is 4.99 Å². The van der Waals surface area contributed by atoms with Crippen LogP contribution < -0.4 is 10.1 Å². The summed E-state index contributed by atoms with van der Waals surface area (Å²) in [6.45, 7) is 11.4. The Hall–Kier alpha value is -3.12. The summed E-state index contributed by atoms with van der Waals surface area (Å²) in [6, 6.07) is 11.4. The SMILES string of the molecule is C=CCOc1ccc(C=Nc2sc3c(c2C(=O)NCc2ccco2)CC[C@@H](C(C)(C)C)C3)cc1. The number of amides is 1. The summed E-state index contributed by atoms with van der Waals surface area (Å²) in [4.78, 5) is 19.3. The van der Waals surface area contributed by atoms with E-state index in [1.807, 2.05) is 42.6 Å². The summed E-state index contributed by atoms with van der Waals surface area (Å²) in [7, 11) is 0. The Bertz CT molecular complexity index is 1150. The third-order valence-electron chi connectivity index (χ3n) is 6.28. The molecule has 1 amide bonds. The second-order valence-electron chi connectivity index (χ2n) is 9.68. The van der Waals surface area contributed by atoms with E-state index in [0.717, 1.165) is 46.9 Å². The molecule has 0 fully saturated rings. The highest BCUT2D eigenvalue weighted by atomic mass is 32.1. The van der Waals surface area contributed by atoms with Crippen LogP contribution in [0.3, 0.4) is 0 Å². The molecule has 1 aromatic carbocycles. The first kappa shape index (κ1) is 24.0. The molecule has 3 aromatic rings. The van der Waals surface area contributed by atoms with Crippen LogP contribution in [0, 0.1) is 11.3 Å². The lowest BCUT2D eigenvalue weighted by Crippen LogP contribution is -2.28. The van der Waals surface area contributed by atoms with E-state index in [-0.39, 0.29) is 11.3 Å².